The summed E-state index contributed by atoms with van der Waals surface area (Å²) >= 11 is 5.86. The van der Waals surface area contributed by atoms with Crippen LogP contribution in [-0.4, -0.2) is 31.2 Å². The Balaban J connectivity index is 2.24. The van der Waals surface area contributed by atoms with Gasteiger partial charge in [0.15, 0.2) is 0 Å². The van der Waals surface area contributed by atoms with Gasteiger partial charge in [0, 0.05) is 32.7 Å². The third kappa shape index (κ3) is 5.15. The number of methoxy groups -OCH3 is 1. The second kappa shape index (κ2) is 8.03. The van der Waals surface area contributed by atoms with E-state index in [0.717, 1.165) is 25.9 Å². The summed E-state index contributed by atoms with van der Waals surface area (Å²) in [6.07, 6.45) is 6.02. The number of hydrogen-bond acceptors (Lipinski definition) is 3. The van der Waals surface area contributed by atoms with Crippen molar-refractivity contribution < 1.29 is 9.53 Å². The number of aromatic nitrogens is 1. The van der Waals surface area contributed by atoms with Crippen LogP contribution >= 0.6 is 11.6 Å². The number of halogens is 1. The number of unbranched alkanes of at least 4 members (excludes halogenated alkanes) is 2. The first-order valence-electron chi connectivity index (χ1n) is 5.62. The van der Waals surface area contributed by atoms with Crippen molar-refractivity contribution in [3.05, 3.63) is 29.0 Å². The van der Waals surface area contributed by atoms with Gasteiger partial charge in [-0.05, 0) is 25.3 Å². The van der Waals surface area contributed by atoms with Crippen molar-refractivity contribution in [2.75, 3.05) is 20.3 Å². The Morgan fingerprint density at radius 3 is 3.00 bits per heavy atom. The number of ether oxygens (including phenoxy) is 1. The van der Waals surface area contributed by atoms with Crippen LogP contribution in [0.25, 0.3) is 0 Å². The molecule has 0 bridgehead atoms. The number of nitrogens with zero attached hydrogens (tertiary/aromatic N) is 1. The zero-order chi connectivity index (χ0) is 12.5. The fourth-order valence-electron chi connectivity index (χ4n) is 1.40. The second-order valence-corrected chi connectivity index (χ2v) is 4.07. The average Bonchev–Trinajstić information content (AvgIpc) is 2.34. The van der Waals surface area contributed by atoms with Gasteiger partial charge in [0.2, 0.25) is 0 Å². The van der Waals surface area contributed by atoms with Gasteiger partial charge in [-0.2, -0.15) is 0 Å². The van der Waals surface area contributed by atoms with Gasteiger partial charge in [-0.1, -0.05) is 11.6 Å². The Morgan fingerprint density at radius 2 is 2.29 bits per heavy atom. The zero-order valence-electron chi connectivity index (χ0n) is 9.91. The van der Waals surface area contributed by atoms with E-state index in [1.54, 1.807) is 19.4 Å². The molecule has 94 valence electrons. The molecular weight excluding hydrogens is 240 g/mol. The van der Waals surface area contributed by atoms with Crippen LogP contribution in [0.3, 0.4) is 0 Å². The number of rotatable bonds is 7. The molecule has 1 aromatic heterocycles. The number of nitrogens with one attached hydrogen (secondary N) is 1. The van der Waals surface area contributed by atoms with Crippen LogP contribution in [-0.2, 0) is 4.74 Å². The summed E-state index contributed by atoms with van der Waals surface area (Å²) in [6, 6.07) is 1.61. The highest BCUT2D eigenvalue weighted by atomic mass is 35.5. The molecular formula is C12H17ClN2O2. The minimum absolute atomic E-state index is 0.149. The van der Waals surface area contributed by atoms with Crippen molar-refractivity contribution in [1.82, 2.24) is 10.3 Å². The standard InChI is InChI=1S/C12H17ClN2O2/c1-17-8-4-2-3-6-15-12(16)10-5-7-14-9-11(10)13/h5,7,9H,2-4,6,8H2,1H3,(H,15,16). The molecule has 0 spiro atoms. The molecule has 1 aromatic rings. The first-order valence-corrected chi connectivity index (χ1v) is 6.00. The molecule has 1 heterocycles. The molecule has 4 nitrogen and oxygen atoms in total. The highest BCUT2D eigenvalue weighted by Crippen LogP contribution is 2.12. The number of carbonyl (C=O) groups excluding carboxylic acids is 1. The van der Waals surface area contributed by atoms with E-state index < -0.39 is 0 Å². The van der Waals surface area contributed by atoms with E-state index in [4.69, 9.17) is 16.3 Å². The zero-order valence-corrected chi connectivity index (χ0v) is 10.7. The first-order chi connectivity index (χ1) is 8.25. The van der Waals surface area contributed by atoms with E-state index in [2.05, 4.69) is 10.3 Å². The molecule has 0 aromatic carbocycles. The predicted molar refractivity (Wildman–Crippen MR) is 67.3 cm³/mol. The maximum atomic E-state index is 11.7. The maximum absolute atomic E-state index is 11.7. The van der Waals surface area contributed by atoms with E-state index in [1.807, 2.05) is 0 Å². The van der Waals surface area contributed by atoms with E-state index in [1.165, 1.54) is 6.20 Å². The highest BCUT2D eigenvalue weighted by Gasteiger charge is 2.08. The largest absolute Gasteiger partial charge is 0.385 e. The molecule has 1 N–H and O–H groups in total. The Morgan fingerprint density at radius 1 is 1.47 bits per heavy atom. The first kappa shape index (κ1) is 13.9. The second-order valence-electron chi connectivity index (χ2n) is 3.66. The Kier molecular flexibility index (Phi) is 6.58. The molecule has 0 unspecified atom stereocenters. The fraction of sp³-hybridized carbons (Fsp3) is 0.500. The molecule has 0 saturated carbocycles. The normalized spacial score (nSPS) is 10.2. The van der Waals surface area contributed by atoms with E-state index in [9.17, 15) is 4.79 Å². The predicted octanol–water partition coefficient (Wildman–Crippen LogP) is 2.28. The van der Waals surface area contributed by atoms with Crippen molar-refractivity contribution in [1.29, 1.82) is 0 Å². The van der Waals surface area contributed by atoms with Crippen molar-refractivity contribution in [2.24, 2.45) is 0 Å². The van der Waals surface area contributed by atoms with Gasteiger partial charge in [0.05, 0.1) is 10.6 Å². The van der Waals surface area contributed by atoms with Crippen LogP contribution in [0.2, 0.25) is 5.02 Å². The van der Waals surface area contributed by atoms with Crippen LogP contribution < -0.4 is 5.32 Å². The van der Waals surface area contributed by atoms with Crippen molar-refractivity contribution in [3.8, 4) is 0 Å². The molecule has 1 rings (SSSR count). The van der Waals surface area contributed by atoms with E-state index >= 15 is 0 Å². The molecule has 0 saturated heterocycles. The van der Waals surface area contributed by atoms with Crippen LogP contribution in [0.15, 0.2) is 18.5 Å². The van der Waals surface area contributed by atoms with E-state index in [0.29, 0.717) is 17.1 Å². The Hall–Kier alpha value is -1.13. The summed E-state index contributed by atoms with van der Waals surface area (Å²) < 4.78 is 4.94. The quantitative estimate of drug-likeness (QED) is 0.762. The molecule has 0 atom stereocenters. The lowest BCUT2D eigenvalue weighted by molar-refractivity contribution is 0.0952. The van der Waals surface area contributed by atoms with Gasteiger partial charge in [0.1, 0.15) is 0 Å². The molecule has 0 aliphatic rings. The monoisotopic (exact) mass is 256 g/mol. The third-order valence-electron chi connectivity index (χ3n) is 2.33. The maximum Gasteiger partial charge on any atom is 0.252 e. The summed E-state index contributed by atoms with van der Waals surface area (Å²) in [7, 11) is 1.69. The minimum atomic E-state index is -0.149. The smallest absolute Gasteiger partial charge is 0.252 e. The summed E-state index contributed by atoms with van der Waals surface area (Å²) in [5, 5.41) is 3.20. The molecule has 1 amide bonds. The van der Waals surface area contributed by atoms with Gasteiger partial charge >= 0.3 is 0 Å². The molecule has 0 aliphatic carbocycles. The van der Waals surface area contributed by atoms with Crippen molar-refractivity contribution >= 4 is 17.5 Å². The Bertz CT molecular complexity index is 358. The lowest BCUT2D eigenvalue weighted by Gasteiger charge is -2.06. The fourth-order valence-corrected chi connectivity index (χ4v) is 1.61. The van der Waals surface area contributed by atoms with Crippen LogP contribution in [0.5, 0.6) is 0 Å². The molecule has 0 aliphatic heterocycles. The summed E-state index contributed by atoms with van der Waals surface area (Å²) in [6.45, 7) is 1.42. The minimum Gasteiger partial charge on any atom is -0.385 e. The number of pyridine rings is 1. The molecule has 5 heteroatoms. The third-order valence-corrected chi connectivity index (χ3v) is 2.63. The number of amides is 1. The van der Waals surface area contributed by atoms with Crippen molar-refractivity contribution in [2.45, 2.75) is 19.3 Å². The molecule has 0 radical (unpaired) electrons. The van der Waals surface area contributed by atoms with Crippen LogP contribution in [0.1, 0.15) is 29.6 Å². The summed E-state index contributed by atoms with van der Waals surface area (Å²) in [5.41, 5.74) is 0.471. The summed E-state index contributed by atoms with van der Waals surface area (Å²) in [4.78, 5) is 15.5. The summed E-state index contributed by atoms with van der Waals surface area (Å²) in [5.74, 6) is -0.149. The van der Waals surface area contributed by atoms with Crippen LogP contribution in [0.4, 0.5) is 0 Å². The average molecular weight is 257 g/mol. The highest BCUT2D eigenvalue weighted by molar-refractivity contribution is 6.33. The van der Waals surface area contributed by atoms with E-state index in [-0.39, 0.29) is 5.91 Å². The van der Waals surface area contributed by atoms with Gasteiger partial charge < -0.3 is 10.1 Å². The Labute approximate surface area is 106 Å². The molecule has 17 heavy (non-hydrogen) atoms. The van der Waals surface area contributed by atoms with Crippen molar-refractivity contribution in [3.63, 3.8) is 0 Å². The van der Waals surface area contributed by atoms with Crippen LogP contribution in [0, 0.1) is 0 Å². The number of hydrogen-bond donors (Lipinski definition) is 1. The SMILES string of the molecule is COCCCCCNC(=O)c1ccncc1Cl. The number of carbonyl (C=O) groups is 1. The lowest BCUT2D eigenvalue weighted by atomic mass is 10.2. The van der Waals surface area contributed by atoms with Gasteiger partial charge in [-0.15, -0.1) is 0 Å². The molecule has 0 fully saturated rings. The lowest BCUT2D eigenvalue weighted by Crippen LogP contribution is -2.24. The topological polar surface area (TPSA) is 51.2 Å². The van der Waals surface area contributed by atoms with Gasteiger partial charge in [-0.25, -0.2) is 0 Å². The van der Waals surface area contributed by atoms with Gasteiger partial charge in [0.25, 0.3) is 5.91 Å². The van der Waals surface area contributed by atoms with Gasteiger partial charge in [-0.3, -0.25) is 9.78 Å².